The molecule has 1 aliphatic carbocycles. The average Bonchev–Trinajstić information content (AvgIpc) is 2.94. The first-order valence-electron chi connectivity index (χ1n) is 7.48. The van der Waals surface area contributed by atoms with Crippen LogP contribution in [-0.2, 0) is 4.79 Å². The van der Waals surface area contributed by atoms with E-state index in [0.29, 0.717) is 0 Å². The van der Waals surface area contributed by atoms with Gasteiger partial charge in [0.25, 0.3) is 0 Å². The van der Waals surface area contributed by atoms with Gasteiger partial charge in [0.1, 0.15) is 0 Å². The van der Waals surface area contributed by atoms with Crippen LogP contribution < -0.4 is 0 Å². The SMILES string of the molecule is C=C/C=C/N(C(=O)[C@H]1CCC=C1C)C(C)c1ccccc1. The Balaban J connectivity index is 2.26. The predicted molar refractivity (Wildman–Crippen MR) is 87.5 cm³/mol. The number of carbonyl (C=O) groups is 1. The molecule has 0 N–H and O–H groups in total. The molecule has 110 valence electrons. The molecule has 1 unspecified atom stereocenters. The van der Waals surface area contributed by atoms with Gasteiger partial charge in [-0.3, -0.25) is 4.79 Å². The molecule has 0 aliphatic heterocycles. The Hall–Kier alpha value is -2.09. The quantitative estimate of drug-likeness (QED) is 0.569. The highest BCUT2D eigenvalue weighted by Gasteiger charge is 2.29. The highest BCUT2D eigenvalue weighted by Crippen LogP contribution is 2.30. The Morgan fingerprint density at radius 3 is 2.67 bits per heavy atom. The molecule has 0 fully saturated rings. The van der Waals surface area contributed by atoms with Gasteiger partial charge in [0.05, 0.1) is 12.0 Å². The van der Waals surface area contributed by atoms with Crippen LogP contribution in [0.15, 0.2) is 66.9 Å². The Labute approximate surface area is 127 Å². The highest BCUT2D eigenvalue weighted by molar-refractivity contribution is 5.83. The van der Waals surface area contributed by atoms with Crippen LogP contribution in [0, 0.1) is 5.92 Å². The van der Waals surface area contributed by atoms with Gasteiger partial charge in [-0.1, -0.05) is 54.6 Å². The van der Waals surface area contributed by atoms with Crippen LogP contribution in [0.1, 0.15) is 38.3 Å². The molecule has 0 saturated heterocycles. The van der Waals surface area contributed by atoms with E-state index >= 15 is 0 Å². The lowest BCUT2D eigenvalue weighted by molar-refractivity contribution is -0.133. The molecule has 0 spiro atoms. The summed E-state index contributed by atoms with van der Waals surface area (Å²) in [5.74, 6) is 0.196. The number of amides is 1. The lowest BCUT2D eigenvalue weighted by Crippen LogP contribution is -2.34. The van der Waals surface area contributed by atoms with Gasteiger partial charge in [-0.15, -0.1) is 0 Å². The third kappa shape index (κ3) is 3.52. The largest absolute Gasteiger partial charge is 0.311 e. The van der Waals surface area contributed by atoms with E-state index < -0.39 is 0 Å². The fraction of sp³-hybridized carbons (Fsp3) is 0.316. The Morgan fingerprint density at radius 2 is 2.10 bits per heavy atom. The first-order valence-corrected chi connectivity index (χ1v) is 7.48. The van der Waals surface area contributed by atoms with Crippen LogP contribution in [0.4, 0.5) is 0 Å². The molecule has 2 atom stereocenters. The zero-order valence-electron chi connectivity index (χ0n) is 12.8. The van der Waals surface area contributed by atoms with Crippen molar-refractivity contribution < 1.29 is 4.79 Å². The van der Waals surface area contributed by atoms with E-state index in [1.807, 2.05) is 35.4 Å². The zero-order valence-corrected chi connectivity index (χ0v) is 12.8. The second-order valence-corrected chi connectivity index (χ2v) is 5.49. The topological polar surface area (TPSA) is 20.3 Å². The molecule has 1 aromatic carbocycles. The molecule has 2 rings (SSSR count). The smallest absolute Gasteiger partial charge is 0.234 e. The van der Waals surface area contributed by atoms with Gasteiger partial charge in [0.15, 0.2) is 0 Å². The number of nitrogens with zero attached hydrogens (tertiary/aromatic N) is 1. The molecule has 21 heavy (non-hydrogen) atoms. The molecule has 1 aliphatic rings. The second-order valence-electron chi connectivity index (χ2n) is 5.49. The molecule has 0 radical (unpaired) electrons. The van der Waals surface area contributed by atoms with Crippen molar-refractivity contribution in [2.75, 3.05) is 0 Å². The van der Waals surface area contributed by atoms with Crippen LogP contribution in [0.5, 0.6) is 0 Å². The van der Waals surface area contributed by atoms with Crippen molar-refractivity contribution in [1.29, 1.82) is 0 Å². The molecule has 0 bridgehead atoms. The molecule has 0 heterocycles. The maximum absolute atomic E-state index is 12.9. The van der Waals surface area contributed by atoms with E-state index in [-0.39, 0.29) is 17.9 Å². The van der Waals surface area contributed by atoms with Crippen molar-refractivity contribution in [2.24, 2.45) is 5.92 Å². The summed E-state index contributed by atoms with van der Waals surface area (Å²) in [5.41, 5.74) is 2.33. The Morgan fingerprint density at radius 1 is 1.38 bits per heavy atom. The van der Waals surface area contributed by atoms with Gasteiger partial charge in [0, 0.05) is 6.20 Å². The van der Waals surface area contributed by atoms with Crippen LogP contribution in [0.25, 0.3) is 0 Å². The molecule has 2 nitrogen and oxygen atoms in total. The minimum Gasteiger partial charge on any atom is -0.311 e. The van der Waals surface area contributed by atoms with Gasteiger partial charge in [-0.25, -0.2) is 0 Å². The summed E-state index contributed by atoms with van der Waals surface area (Å²) in [6, 6.07) is 10.1. The van der Waals surface area contributed by atoms with Gasteiger partial charge in [-0.05, 0) is 38.3 Å². The van der Waals surface area contributed by atoms with Crippen molar-refractivity contribution in [2.45, 2.75) is 32.7 Å². The van der Waals surface area contributed by atoms with Crippen molar-refractivity contribution in [3.05, 3.63) is 72.5 Å². The fourth-order valence-corrected chi connectivity index (χ4v) is 2.78. The van der Waals surface area contributed by atoms with Gasteiger partial charge in [-0.2, -0.15) is 0 Å². The summed E-state index contributed by atoms with van der Waals surface area (Å²) in [6.45, 7) is 7.82. The van der Waals surface area contributed by atoms with Crippen molar-refractivity contribution in [3.63, 3.8) is 0 Å². The first-order chi connectivity index (χ1) is 10.1. The summed E-state index contributed by atoms with van der Waals surface area (Å²) in [4.78, 5) is 14.7. The van der Waals surface area contributed by atoms with Crippen LogP contribution >= 0.6 is 0 Å². The normalized spacial score (nSPS) is 19.3. The van der Waals surface area contributed by atoms with E-state index in [9.17, 15) is 4.79 Å². The van der Waals surface area contributed by atoms with Gasteiger partial charge < -0.3 is 4.90 Å². The van der Waals surface area contributed by atoms with E-state index in [1.54, 1.807) is 6.08 Å². The highest BCUT2D eigenvalue weighted by atomic mass is 16.2. The molecule has 1 aromatic rings. The standard InChI is InChI=1S/C19H23NO/c1-4-5-14-20(16(3)17-11-7-6-8-12-17)19(21)18-13-9-10-15(18)2/h4-8,10-12,14,16,18H,1,9,13H2,2-3H3/b14-5+/t16?,18-/m0/s1. The molecule has 0 saturated carbocycles. The average molecular weight is 281 g/mol. The predicted octanol–water partition coefficient (Wildman–Crippen LogP) is 4.63. The number of hydrogen-bond donors (Lipinski definition) is 0. The van der Waals surface area contributed by atoms with Crippen molar-refractivity contribution in [3.8, 4) is 0 Å². The summed E-state index contributed by atoms with van der Waals surface area (Å²) in [5, 5.41) is 0. The number of hydrogen-bond acceptors (Lipinski definition) is 1. The summed E-state index contributed by atoms with van der Waals surface area (Å²) in [6.07, 6.45) is 9.47. The third-order valence-electron chi connectivity index (χ3n) is 4.11. The number of benzene rings is 1. The number of allylic oxidation sites excluding steroid dienone is 3. The van der Waals surface area contributed by atoms with Gasteiger partial charge >= 0.3 is 0 Å². The van der Waals surface area contributed by atoms with Crippen LogP contribution in [-0.4, -0.2) is 10.8 Å². The van der Waals surface area contributed by atoms with E-state index in [2.05, 4.69) is 38.6 Å². The molecule has 0 aromatic heterocycles. The molecule has 1 amide bonds. The van der Waals surface area contributed by atoms with E-state index in [0.717, 1.165) is 18.4 Å². The molecular weight excluding hydrogens is 258 g/mol. The summed E-state index contributed by atoms with van der Waals surface area (Å²) in [7, 11) is 0. The zero-order chi connectivity index (χ0) is 15.2. The lowest BCUT2D eigenvalue weighted by Gasteiger charge is -2.29. The fourth-order valence-electron chi connectivity index (χ4n) is 2.78. The maximum Gasteiger partial charge on any atom is 0.234 e. The van der Waals surface area contributed by atoms with Crippen LogP contribution in [0.2, 0.25) is 0 Å². The van der Waals surface area contributed by atoms with Crippen LogP contribution in [0.3, 0.4) is 0 Å². The number of carbonyl (C=O) groups excluding carboxylic acids is 1. The minimum absolute atomic E-state index is 0.0169. The summed E-state index contributed by atoms with van der Waals surface area (Å²) < 4.78 is 0. The van der Waals surface area contributed by atoms with Crippen molar-refractivity contribution >= 4 is 5.91 Å². The summed E-state index contributed by atoms with van der Waals surface area (Å²) >= 11 is 0. The van der Waals surface area contributed by atoms with Crippen molar-refractivity contribution in [1.82, 2.24) is 4.90 Å². The lowest BCUT2D eigenvalue weighted by atomic mass is 9.99. The second kappa shape index (κ2) is 7.07. The van der Waals surface area contributed by atoms with E-state index in [4.69, 9.17) is 0 Å². The Bertz CT molecular complexity index is 556. The molecule has 2 heteroatoms. The Kier molecular flexibility index (Phi) is 5.15. The minimum atomic E-state index is 0.0169. The molecular formula is C19H23NO. The third-order valence-corrected chi connectivity index (χ3v) is 4.11. The first kappa shape index (κ1) is 15.3. The maximum atomic E-state index is 12.9. The van der Waals surface area contributed by atoms with Gasteiger partial charge in [0.2, 0.25) is 5.91 Å². The monoisotopic (exact) mass is 281 g/mol. The number of rotatable bonds is 5. The van der Waals surface area contributed by atoms with E-state index in [1.165, 1.54) is 5.57 Å².